The Morgan fingerprint density at radius 3 is 2.45 bits per heavy atom. The molecule has 0 heterocycles. The fourth-order valence-electron chi connectivity index (χ4n) is 0.680. The van der Waals surface area contributed by atoms with Crippen molar-refractivity contribution < 1.29 is 0 Å². The average Bonchev–Trinajstić information content (AvgIpc) is 2.03. The summed E-state index contributed by atoms with van der Waals surface area (Å²) < 4.78 is 0. The number of benzene rings is 1. The molecule has 0 saturated carbocycles. The SMILES string of the molecule is C[Si](Cl)C#Cc1ccccc1. The number of rotatable bonds is 0. The molecule has 0 N–H and O–H groups in total. The second-order valence-corrected chi connectivity index (χ2v) is 5.17. The zero-order chi connectivity index (χ0) is 8.10. The molecule has 0 aliphatic rings. The molecule has 2 heteroatoms. The minimum atomic E-state index is -0.921. The summed E-state index contributed by atoms with van der Waals surface area (Å²) in [5.74, 6) is 3.01. The maximum atomic E-state index is 5.76. The fourth-order valence-corrected chi connectivity index (χ4v) is 1.14. The molecule has 0 spiro atoms. The van der Waals surface area contributed by atoms with Crippen molar-refractivity contribution in [2.75, 3.05) is 0 Å². The summed E-state index contributed by atoms with van der Waals surface area (Å²) in [5, 5.41) is 0. The standard InChI is InChI=1S/C9H8ClSi/c1-11(10)8-7-9-5-3-2-4-6-9/h2-6H,1H3. The van der Waals surface area contributed by atoms with Crippen molar-refractivity contribution in [2.24, 2.45) is 0 Å². The summed E-state index contributed by atoms with van der Waals surface area (Å²) in [6, 6.07) is 9.88. The molecule has 1 rings (SSSR count). The van der Waals surface area contributed by atoms with Crippen LogP contribution >= 0.6 is 11.1 Å². The lowest BCUT2D eigenvalue weighted by molar-refractivity contribution is 1.65. The van der Waals surface area contributed by atoms with Gasteiger partial charge in [0.2, 0.25) is 0 Å². The predicted octanol–water partition coefficient (Wildman–Crippen LogP) is 2.44. The van der Waals surface area contributed by atoms with Crippen LogP contribution in [0.15, 0.2) is 30.3 Å². The van der Waals surface area contributed by atoms with Crippen molar-refractivity contribution in [3.63, 3.8) is 0 Å². The first kappa shape index (κ1) is 8.38. The minimum absolute atomic E-state index is 0.921. The van der Waals surface area contributed by atoms with Crippen LogP contribution in [0.5, 0.6) is 0 Å². The van der Waals surface area contributed by atoms with Crippen LogP contribution in [-0.4, -0.2) is 8.11 Å². The third-order valence-corrected chi connectivity index (χ3v) is 1.91. The highest BCUT2D eigenvalue weighted by Crippen LogP contribution is 1.95. The van der Waals surface area contributed by atoms with Crippen LogP contribution in [0.25, 0.3) is 0 Å². The van der Waals surface area contributed by atoms with Gasteiger partial charge in [-0.1, -0.05) is 24.1 Å². The van der Waals surface area contributed by atoms with Crippen LogP contribution in [-0.2, 0) is 0 Å². The third-order valence-electron chi connectivity index (χ3n) is 1.15. The molecule has 1 aromatic carbocycles. The van der Waals surface area contributed by atoms with E-state index in [4.69, 9.17) is 11.1 Å². The van der Waals surface area contributed by atoms with E-state index in [0.717, 1.165) is 5.56 Å². The highest BCUT2D eigenvalue weighted by molar-refractivity contribution is 7.10. The molecule has 0 aliphatic carbocycles. The maximum absolute atomic E-state index is 5.76. The molecule has 0 fully saturated rings. The summed E-state index contributed by atoms with van der Waals surface area (Å²) in [6.45, 7) is 1.96. The zero-order valence-corrected chi connectivity index (χ0v) is 8.02. The van der Waals surface area contributed by atoms with Gasteiger partial charge in [0, 0.05) is 5.56 Å². The zero-order valence-electron chi connectivity index (χ0n) is 6.26. The Balaban J connectivity index is 2.75. The molecule has 0 amide bonds. The van der Waals surface area contributed by atoms with Gasteiger partial charge in [-0.15, -0.1) is 5.54 Å². The molecule has 0 nitrogen and oxygen atoms in total. The molecular weight excluding hydrogens is 172 g/mol. The van der Waals surface area contributed by atoms with Gasteiger partial charge in [-0.25, -0.2) is 0 Å². The van der Waals surface area contributed by atoms with Gasteiger partial charge in [0.05, 0.1) is 0 Å². The van der Waals surface area contributed by atoms with E-state index in [1.807, 2.05) is 36.9 Å². The summed E-state index contributed by atoms with van der Waals surface area (Å²) in [5.41, 5.74) is 4.02. The van der Waals surface area contributed by atoms with E-state index < -0.39 is 8.11 Å². The first-order chi connectivity index (χ1) is 5.29. The molecule has 55 valence electrons. The van der Waals surface area contributed by atoms with Crippen LogP contribution in [0.3, 0.4) is 0 Å². The monoisotopic (exact) mass is 179 g/mol. The van der Waals surface area contributed by atoms with Gasteiger partial charge in [0.1, 0.15) is 0 Å². The molecule has 0 aliphatic heterocycles. The Hall–Kier alpha value is -0.713. The van der Waals surface area contributed by atoms with E-state index >= 15 is 0 Å². The van der Waals surface area contributed by atoms with Crippen molar-refractivity contribution in [1.82, 2.24) is 0 Å². The Kier molecular flexibility index (Phi) is 3.22. The highest BCUT2D eigenvalue weighted by atomic mass is 35.6. The van der Waals surface area contributed by atoms with E-state index in [9.17, 15) is 0 Å². The Labute approximate surface area is 73.5 Å². The Morgan fingerprint density at radius 2 is 1.91 bits per heavy atom. The normalized spacial score (nSPS) is 9.00. The van der Waals surface area contributed by atoms with Crippen molar-refractivity contribution in [3.8, 4) is 11.5 Å². The highest BCUT2D eigenvalue weighted by Gasteiger charge is 1.89. The van der Waals surface area contributed by atoms with Crippen LogP contribution in [0.1, 0.15) is 5.56 Å². The predicted molar refractivity (Wildman–Crippen MR) is 50.8 cm³/mol. The topological polar surface area (TPSA) is 0 Å². The second kappa shape index (κ2) is 4.22. The second-order valence-electron chi connectivity index (χ2n) is 2.15. The molecule has 11 heavy (non-hydrogen) atoms. The smallest absolute Gasteiger partial charge is 0.151 e. The Morgan fingerprint density at radius 1 is 1.27 bits per heavy atom. The van der Waals surface area contributed by atoms with E-state index in [1.54, 1.807) is 0 Å². The molecule has 0 unspecified atom stereocenters. The van der Waals surface area contributed by atoms with Crippen molar-refractivity contribution in [2.45, 2.75) is 6.55 Å². The molecule has 1 radical (unpaired) electrons. The van der Waals surface area contributed by atoms with Crippen LogP contribution in [0, 0.1) is 11.5 Å². The minimum Gasteiger partial charge on any atom is -0.151 e. The molecule has 0 saturated heterocycles. The van der Waals surface area contributed by atoms with Gasteiger partial charge in [-0.2, -0.15) is 11.1 Å². The lowest BCUT2D eigenvalue weighted by Crippen LogP contribution is -1.88. The van der Waals surface area contributed by atoms with Gasteiger partial charge in [-0.05, 0) is 18.7 Å². The summed E-state index contributed by atoms with van der Waals surface area (Å²) >= 11 is 5.76. The largest absolute Gasteiger partial charge is 0.251 e. The summed E-state index contributed by atoms with van der Waals surface area (Å²) in [4.78, 5) is 0. The fraction of sp³-hybridized carbons (Fsp3) is 0.111. The van der Waals surface area contributed by atoms with Gasteiger partial charge >= 0.3 is 0 Å². The van der Waals surface area contributed by atoms with Gasteiger partial charge in [0.25, 0.3) is 8.11 Å². The van der Waals surface area contributed by atoms with Crippen LogP contribution < -0.4 is 0 Å². The third kappa shape index (κ3) is 3.27. The van der Waals surface area contributed by atoms with E-state index in [-0.39, 0.29) is 0 Å². The van der Waals surface area contributed by atoms with E-state index in [1.165, 1.54) is 0 Å². The molecule has 0 bridgehead atoms. The van der Waals surface area contributed by atoms with E-state index in [0.29, 0.717) is 0 Å². The first-order valence-corrected chi connectivity index (χ1v) is 6.36. The molecule has 0 atom stereocenters. The first-order valence-electron chi connectivity index (χ1n) is 3.35. The van der Waals surface area contributed by atoms with Crippen molar-refractivity contribution >= 4 is 19.2 Å². The Bertz CT molecular complexity index is 269. The summed E-state index contributed by atoms with van der Waals surface area (Å²) in [6.07, 6.45) is 0. The quantitative estimate of drug-likeness (QED) is 0.326. The van der Waals surface area contributed by atoms with Crippen LogP contribution in [0.4, 0.5) is 0 Å². The number of halogens is 1. The summed E-state index contributed by atoms with van der Waals surface area (Å²) in [7, 11) is -0.921. The molecule has 1 aromatic rings. The van der Waals surface area contributed by atoms with Crippen molar-refractivity contribution in [1.29, 1.82) is 0 Å². The van der Waals surface area contributed by atoms with Gasteiger partial charge in [-0.3, -0.25) is 0 Å². The average molecular weight is 180 g/mol. The van der Waals surface area contributed by atoms with Crippen molar-refractivity contribution in [3.05, 3.63) is 35.9 Å². The van der Waals surface area contributed by atoms with Gasteiger partial charge in [0.15, 0.2) is 0 Å². The number of hydrogen-bond acceptors (Lipinski definition) is 0. The molecule has 0 aromatic heterocycles. The van der Waals surface area contributed by atoms with Crippen LogP contribution in [0.2, 0.25) is 6.55 Å². The molecular formula is C9H8ClSi. The lowest BCUT2D eigenvalue weighted by Gasteiger charge is -1.86. The maximum Gasteiger partial charge on any atom is 0.251 e. The van der Waals surface area contributed by atoms with E-state index in [2.05, 4.69) is 11.5 Å². The van der Waals surface area contributed by atoms with Gasteiger partial charge < -0.3 is 0 Å². The number of hydrogen-bond donors (Lipinski definition) is 0. The lowest BCUT2D eigenvalue weighted by atomic mass is 10.2.